The number of aliphatic carboxylic acids is 2. The van der Waals surface area contributed by atoms with Crippen LogP contribution in [0.15, 0.2) is 50.5 Å². The molecule has 1 unspecified atom stereocenters. The van der Waals surface area contributed by atoms with Gasteiger partial charge in [-0.25, -0.2) is 9.59 Å². The van der Waals surface area contributed by atoms with Crippen LogP contribution >= 0.6 is 31.9 Å². The molecule has 0 radical (unpaired) electrons. The summed E-state index contributed by atoms with van der Waals surface area (Å²) in [4.78, 5) is 22.8. The minimum atomic E-state index is -1.24. The number of nitrogens with two attached hydrogens (primary N) is 1. The molecule has 2 aromatic rings. The van der Waals surface area contributed by atoms with Crippen molar-refractivity contribution in [2.24, 2.45) is 10.9 Å². The van der Waals surface area contributed by atoms with Gasteiger partial charge in [-0.3, -0.25) is 0 Å². The van der Waals surface area contributed by atoms with Crippen molar-refractivity contribution in [3.63, 3.8) is 0 Å². The molecule has 28 heavy (non-hydrogen) atoms. The van der Waals surface area contributed by atoms with Gasteiger partial charge in [-0.1, -0.05) is 21.1 Å². The number of nitrogens with one attached hydrogen (secondary N) is 1. The first-order chi connectivity index (χ1) is 13.2. The standard InChI is InChI=1S/C17H15Br2N3O6/c18-9-5-11(15(12(19)6-9)28-7-13(23)24)14(17(25)26)21-10-3-1-8(2-4-10)16(20)22-27/h1-6,14,21,27H,7H2,(H2,20,22)(H,23,24)(H,25,26). The zero-order valence-corrected chi connectivity index (χ0v) is 17.3. The molecule has 0 heterocycles. The highest BCUT2D eigenvalue weighted by Crippen LogP contribution is 2.37. The number of carboxylic acid groups (broad SMARTS) is 2. The number of nitrogens with zero attached hydrogens (tertiary/aromatic N) is 1. The number of carbonyl (C=O) groups is 2. The van der Waals surface area contributed by atoms with Crippen LogP contribution in [0.25, 0.3) is 0 Å². The Kier molecular flexibility index (Phi) is 7.24. The summed E-state index contributed by atoms with van der Waals surface area (Å²) in [6, 6.07) is 8.13. The van der Waals surface area contributed by atoms with Crippen LogP contribution in [-0.4, -0.2) is 39.8 Å². The lowest BCUT2D eigenvalue weighted by Crippen LogP contribution is -2.22. The highest BCUT2D eigenvalue weighted by molar-refractivity contribution is 9.11. The number of rotatable bonds is 8. The number of hydrogen-bond acceptors (Lipinski definition) is 6. The second-order valence-electron chi connectivity index (χ2n) is 5.47. The summed E-state index contributed by atoms with van der Waals surface area (Å²) < 4.78 is 6.26. The molecule has 0 aliphatic carbocycles. The van der Waals surface area contributed by atoms with Crippen molar-refractivity contribution >= 4 is 55.3 Å². The van der Waals surface area contributed by atoms with Gasteiger partial charge in [0, 0.05) is 21.3 Å². The van der Waals surface area contributed by atoms with E-state index in [1.165, 1.54) is 6.07 Å². The van der Waals surface area contributed by atoms with Crippen molar-refractivity contribution in [3.05, 3.63) is 56.5 Å². The van der Waals surface area contributed by atoms with Gasteiger partial charge >= 0.3 is 11.9 Å². The maximum absolute atomic E-state index is 11.9. The van der Waals surface area contributed by atoms with Gasteiger partial charge in [0.15, 0.2) is 18.5 Å². The molecule has 6 N–H and O–H groups in total. The number of amidine groups is 1. The average molecular weight is 517 g/mol. The number of benzene rings is 2. The van der Waals surface area contributed by atoms with Crippen molar-refractivity contribution in [1.82, 2.24) is 0 Å². The van der Waals surface area contributed by atoms with E-state index in [4.69, 9.17) is 20.8 Å². The summed E-state index contributed by atoms with van der Waals surface area (Å²) >= 11 is 6.56. The lowest BCUT2D eigenvalue weighted by molar-refractivity contribution is -0.139. The number of hydrogen-bond donors (Lipinski definition) is 5. The van der Waals surface area contributed by atoms with Gasteiger partial charge in [0.2, 0.25) is 0 Å². The first-order valence-electron chi connectivity index (χ1n) is 7.63. The van der Waals surface area contributed by atoms with Crippen molar-refractivity contribution in [1.29, 1.82) is 0 Å². The van der Waals surface area contributed by atoms with Gasteiger partial charge in [0.1, 0.15) is 5.75 Å². The van der Waals surface area contributed by atoms with Crippen LogP contribution in [0, 0.1) is 0 Å². The van der Waals surface area contributed by atoms with Crippen LogP contribution in [0.3, 0.4) is 0 Å². The Bertz CT molecular complexity index is 918. The van der Waals surface area contributed by atoms with Crippen LogP contribution in [-0.2, 0) is 9.59 Å². The highest BCUT2D eigenvalue weighted by Gasteiger charge is 2.26. The molecule has 0 spiro atoms. The van der Waals surface area contributed by atoms with E-state index in [0.717, 1.165) is 0 Å². The third-order valence-electron chi connectivity index (χ3n) is 3.53. The fourth-order valence-corrected chi connectivity index (χ4v) is 3.69. The lowest BCUT2D eigenvalue weighted by atomic mass is 10.0. The summed E-state index contributed by atoms with van der Waals surface area (Å²) in [7, 11) is 0. The molecule has 0 aromatic heterocycles. The second-order valence-corrected chi connectivity index (χ2v) is 7.24. The van der Waals surface area contributed by atoms with Crippen molar-refractivity contribution in [3.8, 4) is 5.75 Å². The summed E-state index contributed by atoms with van der Waals surface area (Å²) in [5.41, 5.74) is 6.63. The molecular weight excluding hydrogens is 502 g/mol. The molecule has 0 bridgehead atoms. The Morgan fingerprint density at radius 1 is 1.18 bits per heavy atom. The van der Waals surface area contributed by atoms with Gasteiger partial charge in [0.25, 0.3) is 0 Å². The summed E-state index contributed by atoms with van der Waals surface area (Å²) in [5, 5.41) is 33.0. The Balaban J connectivity index is 2.40. The Hall–Kier alpha value is -2.79. The van der Waals surface area contributed by atoms with Crippen molar-refractivity contribution in [2.45, 2.75) is 6.04 Å². The molecular formula is C17H15Br2N3O6. The third-order valence-corrected chi connectivity index (χ3v) is 4.58. The molecule has 9 nitrogen and oxygen atoms in total. The van der Waals surface area contributed by atoms with Crippen molar-refractivity contribution < 1.29 is 29.7 Å². The molecule has 2 rings (SSSR count). The Morgan fingerprint density at radius 2 is 1.82 bits per heavy atom. The number of ether oxygens (including phenoxy) is 1. The largest absolute Gasteiger partial charge is 0.480 e. The number of anilines is 1. The highest BCUT2D eigenvalue weighted by atomic mass is 79.9. The summed E-state index contributed by atoms with van der Waals surface area (Å²) in [6.07, 6.45) is 0. The molecule has 0 aliphatic rings. The minimum absolute atomic E-state index is 0.0818. The lowest BCUT2D eigenvalue weighted by Gasteiger charge is -2.21. The van der Waals surface area contributed by atoms with E-state index >= 15 is 0 Å². The van der Waals surface area contributed by atoms with Gasteiger partial charge in [-0.2, -0.15) is 0 Å². The van der Waals surface area contributed by atoms with E-state index in [2.05, 4.69) is 42.3 Å². The molecule has 1 atom stereocenters. The average Bonchev–Trinajstić information content (AvgIpc) is 2.64. The monoisotopic (exact) mass is 515 g/mol. The predicted molar refractivity (Wildman–Crippen MR) is 108 cm³/mol. The summed E-state index contributed by atoms with van der Waals surface area (Å²) in [5.74, 6) is -2.38. The maximum atomic E-state index is 11.9. The van der Waals surface area contributed by atoms with Crippen LogP contribution in [0.4, 0.5) is 5.69 Å². The molecule has 0 saturated heterocycles. The molecule has 148 valence electrons. The summed E-state index contributed by atoms with van der Waals surface area (Å²) in [6.45, 7) is -0.631. The SMILES string of the molecule is N/C(=N\O)c1ccc(NC(C(=O)O)c2cc(Br)cc(Br)c2OCC(=O)O)cc1. The second kappa shape index (κ2) is 9.42. The quantitative estimate of drug-likeness (QED) is 0.155. The van der Waals surface area contributed by atoms with Gasteiger partial charge in [-0.15, -0.1) is 0 Å². The van der Waals surface area contributed by atoms with Crippen LogP contribution in [0.1, 0.15) is 17.2 Å². The van der Waals surface area contributed by atoms with Crippen LogP contribution < -0.4 is 15.8 Å². The van der Waals surface area contributed by atoms with Crippen molar-refractivity contribution in [2.75, 3.05) is 11.9 Å². The Morgan fingerprint density at radius 3 is 2.36 bits per heavy atom. The van der Waals surface area contributed by atoms with Gasteiger partial charge in [0.05, 0.1) is 4.47 Å². The topological polar surface area (TPSA) is 154 Å². The molecule has 0 amide bonds. The number of oxime groups is 1. The van der Waals surface area contributed by atoms with E-state index in [1.807, 2.05) is 0 Å². The first-order valence-corrected chi connectivity index (χ1v) is 9.22. The van der Waals surface area contributed by atoms with E-state index in [9.17, 15) is 14.7 Å². The fraction of sp³-hybridized carbons (Fsp3) is 0.118. The third kappa shape index (κ3) is 5.36. The fourth-order valence-electron chi connectivity index (χ4n) is 2.32. The molecule has 0 saturated carbocycles. The zero-order chi connectivity index (χ0) is 20.8. The van der Waals surface area contributed by atoms with E-state index in [1.54, 1.807) is 30.3 Å². The van der Waals surface area contributed by atoms with E-state index in [-0.39, 0.29) is 17.1 Å². The number of halogens is 2. The van der Waals surface area contributed by atoms with Crippen LogP contribution in [0.2, 0.25) is 0 Å². The smallest absolute Gasteiger partial charge is 0.341 e. The van der Waals surface area contributed by atoms with Gasteiger partial charge in [-0.05, 0) is 52.3 Å². The predicted octanol–water partition coefficient (Wildman–Crippen LogP) is 3.01. The van der Waals surface area contributed by atoms with Crippen LogP contribution in [0.5, 0.6) is 5.75 Å². The zero-order valence-electron chi connectivity index (χ0n) is 14.1. The Labute approximate surface area is 176 Å². The molecule has 0 fully saturated rings. The van der Waals surface area contributed by atoms with E-state index in [0.29, 0.717) is 20.2 Å². The van der Waals surface area contributed by atoms with E-state index < -0.39 is 24.6 Å². The normalized spacial score (nSPS) is 12.3. The maximum Gasteiger partial charge on any atom is 0.341 e. The minimum Gasteiger partial charge on any atom is -0.480 e. The number of carboxylic acids is 2. The molecule has 11 heteroatoms. The molecule has 2 aromatic carbocycles. The molecule has 0 aliphatic heterocycles. The van der Waals surface area contributed by atoms with Gasteiger partial charge < -0.3 is 31.2 Å². The first kappa shape index (κ1) is 21.5.